The summed E-state index contributed by atoms with van der Waals surface area (Å²) in [5.74, 6) is 1.30. The SMILES string of the molecule is C=C1CCCCC/C=C2/CCCCC2=C1c1c[nH]cc(-c2ccccc2OC(C)C[C@H](C)Oc2ccccc2-c2c[nH]cc(/C3=C4\CCCC\C4=C\CCCCCC3=C)c2=O)c1=O. The Labute approximate surface area is 374 Å². The summed E-state index contributed by atoms with van der Waals surface area (Å²) in [6.45, 7) is 13.2. The Morgan fingerprint density at radius 1 is 0.492 bits per heavy atom. The first-order valence-corrected chi connectivity index (χ1v) is 23.9. The first-order chi connectivity index (χ1) is 30.8. The number of aromatic amines is 2. The maximum Gasteiger partial charge on any atom is 0.197 e. The molecule has 6 heteroatoms. The fourth-order valence-electron chi connectivity index (χ4n) is 10.5. The molecule has 63 heavy (non-hydrogen) atoms. The predicted molar refractivity (Wildman–Crippen MR) is 261 cm³/mol. The molecule has 4 aliphatic rings. The molecule has 0 aliphatic heterocycles. The van der Waals surface area contributed by atoms with Crippen LogP contribution in [0.2, 0.25) is 0 Å². The molecule has 0 bridgehead atoms. The third kappa shape index (κ3) is 10.1. The van der Waals surface area contributed by atoms with Gasteiger partial charge in [0.25, 0.3) is 0 Å². The summed E-state index contributed by atoms with van der Waals surface area (Å²) in [6.07, 6.45) is 31.9. The van der Waals surface area contributed by atoms with Gasteiger partial charge < -0.3 is 19.4 Å². The predicted octanol–water partition coefficient (Wildman–Crippen LogP) is 14.6. The number of para-hydroxylation sites is 2. The van der Waals surface area contributed by atoms with E-state index in [-0.39, 0.29) is 23.1 Å². The van der Waals surface area contributed by atoms with Gasteiger partial charge in [-0.15, -0.1) is 0 Å². The molecule has 8 rings (SSSR count). The largest absolute Gasteiger partial charge is 0.490 e. The molecule has 2 aromatic carbocycles. The molecule has 2 N–H and O–H groups in total. The molecule has 1 unspecified atom stereocenters. The highest BCUT2D eigenvalue weighted by molar-refractivity contribution is 5.87. The number of hydrogen-bond acceptors (Lipinski definition) is 4. The second kappa shape index (κ2) is 20.7. The summed E-state index contributed by atoms with van der Waals surface area (Å²) in [4.78, 5) is 36.0. The minimum absolute atomic E-state index is 0.00658. The minimum Gasteiger partial charge on any atom is -0.490 e. The Hall–Kier alpha value is -5.62. The summed E-state index contributed by atoms with van der Waals surface area (Å²) in [6, 6.07) is 15.7. The highest BCUT2D eigenvalue weighted by atomic mass is 16.5. The van der Waals surface area contributed by atoms with Crippen LogP contribution in [0.1, 0.15) is 147 Å². The molecular formula is C57H66N2O4. The van der Waals surface area contributed by atoms with Gasteiger partial charge in [-0.1, -0.05) is 74.5 Å². The van der Waals surface area contributed by atoms with Gasteiger partial charge in [0.2, 0.25) is 0 Å². The zero-order valence-corrected chi connectivity index (χ0v) is 37.7. The van der Waals surface area contributed by atoms with Crippen molar-refractivity contribution in [1.29, 1.82) is 0 Å². The lowest BCUT2D eigenvalue weighted by molar-refractivity contribution is 0.131. The average Bonchev–Trinajstić information content (AvgIpc) is 3.28. The lowest BCUT2D eigenvalue weighted by Crippen LogP contribution is -2.23. The van der Waals surface area contributed by atoms with Gasteiger partial charge in [0.1, 0.15) is 11.5 Å². The quantitative estimate of drug-likeness (QED) is 0.167. The van der Waals surface area contributed by atoms with Crippen LogP contribution >= 0.6 is 0 Å². The number of benzene rings is 2. The zero-order valence-electron chi connectivity index (χ0n) is 37.7. The standard InChI is InChI=1S/C57H66N2O4/c1-38-21-9-5-7-11-23-42-25-13-15-27-44(42)54(38)50-36-58-34-48(56(50)60)46-29-17-19-31-52(46)62-40(3)33-41(4)63-53-32-20-18-30-47(53)49-35-59-37-51(57(49)61)55-39(2)22-10-6-8-12-24-43-26-14-16-28-45(43)55/h17-20,23-24,29-32,34-37,40-41H,1-2,5-16,21-22,25-28,33H2,3-4H3,(H,58,60)(H,59,61)/b42-23-,43-24-,54-44+,55-45?/t40-,41?/m0/s1. The number of fused-ring (bicyclic) bond motifs is 2. The van der Waals surface area contributed by atoms with Crippen LogP contribution < -0.4 is 20.3 Å². The van der Waals surface area contributed by atoms with Gasteiger partial charge in [0, 0.05) is 64.6 Å². The van der Waals surface area contributed by atoms with Gasteiger partial charge in [0.15, 0.2) is 10.9 Å². The van der Waals surface area contributed by atoms with Crippen molar-refractivity contribution in [3.63, 3.8) is 0 Å². The Bertz CT molecular complexity index is 2400. The number of hydrogen-bond donors (Lipinski definition) is 2. The molecule has 0 spiro atoms. The molecule has 0 saturated heterocycles. The summed E-state index contributed by atoms with van der Waals surface area (Å²) >= 11 is 0. The number of ether oxygens (including phenoxy) is 2. The van der Waals surface area contributed by atoms with Gasteiger partial charge in [0.05, 0.1) is 12.2 Å². The second-order valence-electron chi connectivity index (χ2n) is 18.3. The van der Waals surface area contributed by atoms with Gasteiger partial charge in [-0.25, -0.2) is 0 Å². The molecule has 328 valence electrons. The first-order valence-electron chi connectivity index (χ1n) is 23.9. The van der Waals surface area contributed by atoms with Crippen molar-refractivity contribution in [2.75, 3.05) is 0 Å². The van der Waals surface area contributed by atoms with E-state index in [1.165, 1.54) is 60.8 Å². The highest BCUT2D eigenvalue weighted by Crippen LogP contribution is 2.42. The molecule has 2 saturated carbocycles. The molecule has 2 atom stereocenters. The molecule has 4 aliphatic carbocycles. The van der Waals surface area contributed by atoms with Crippen LogP contribution in [0.15, 0.2) is 142 Å². The Kier molecular flexibility index (Phi) is 14.5. The molecule has 4 aromatic rings. The lowest BCUT2D eigenvalue weighted by Gasteiger charge is -2.25. The van der Waals surface area contributed by atoms with Crippen molar-refractivity contribution in [2.24, 2.45) is 0 Å². The van der Waals surface area contributed by atoms with Gasteiger partial charge >= 0.3 is 0 Å². The van der Waals surface area contributed by atoms with Gasteiger partial charge in [-0.3, -0.25) is 9.59 Å². The maximum absolute atomic E-state index is 14.7. The van der Waals surface area contributed by atoms with Crippen molar-refractivity contribution < 1.29 is 9.47 Å². The molecule has 0 radical (unpaired) electrons. The third-order valence-electron chi connectivity index (χ3n) is 13.6. The van der Waals surface area contributed by atoms with E-state index in [9.17, 15) is 9.59 Å². The Morgan fingerprint density at radius 3 is 1.35 bits per heavy atom. The van der Waals surface area contributed by atoms with E-state index in [1.807, 2.05) is 87.2 Å². The number of rotatable bonds is 10. The topological polar surface area (TPSA) is 84.2 Å². The van der Waals surface area contributed by atoms with Crippen molar-refractivity contribution in [1.82, 2.24) is 9.97 Å². The molecule has 2 heterocycles. The van der Waals surface area contributed by atoms with Crippen LogP contribution in [0.4, 0.5) is 0 Å². The Morgan fingerprint density at radius 2 is 0.889 bits per heavy atom. The van der Waals surface area contributed by atoms with Crippen LogP contribution in [0, 0.1) is 0 Å². The average molecular weight is 843 g/mol. The number of pyridine rings is 2. The number of allylic oxidation sites excluding steroid dienone is 10. The molecule has 6 nitrogen and oxygen atoms in total. The van der Waals surface area contributed by atoms with Crippen LogP contribution in [0.5, 0.6) is 11.5 Å². The lowest BCUT2D eigenvalue weighted by atomic mass is 9.80. The maximum atomic E-state index is 14.7. The second-order valence-corrected chi connectivity index (χ2v) is 18.3. The van der Waals surface area contributed by atoms with Crippen molar-refractivity contribution >= 4 is 11.1 Å². The van der Waals surface area contributed by atoms with E-state index in [0.29, 0.717) is 40.2 Å². The Balaban J connectivity index is 1.04. The summed E-state index contributed by atoms with van der Waals surface area (Å²) < 4.78 is 13.4. The van der Waals surface area contributed by atoms with Crippen molar-refractivity contribution in [2.45, 2.75) is 148 Å². The van der Waals surface area contributed by atoms with E-state index in [4.69, 9.17) is 9.47 Å². The van der Waals surface area contributed by atoms with E-state index in [1.54, 1.807) is 0 Å². The molecular weight excluding hydrogens is 777 g/mol. The van der Waals surface area contributed by atoms with Crippen LogP contribution in [-0.2, 0) is 0 Å². The monoisotopic (exact) mass is 843 g/mol. The summed E-state index contributed by atoms with van der Waals surface area (Å²) in [7, 11) is 0. The van der Waals surface area contributed by atoms with E-state index in [0.717, 1.165) is 110 Å². The normalized spacial score (nSPS) is 21.7. The van der Waals surface area contributed by atoms with Crippen molar-refractivity contribution in [3.8, 4) is 33.8 Å². The number of H-pyrrole nitrogens is 2. The van der Waals surface area contributed by atoms with Crippen LogP contribution in [0.3, 0.4) is 0 Å². The molecule has 2 aromatic heterocycles. The summed E-state index contributed by atoms with van der Waals surface area (Å²) in [5.41, 5.74) is 13.7. The fraction of sp³-hybridized carbons (Fsp3) is 0.404. The van der Waals surface area contributed by atoms with E-state index >= 15 is 0 Å². The summed E-state index contributed by atoms with van der Waals surface area (Å²) in [5, 5.41) is 0. The third-order valence-corrected chi connectivity index (χ3v) is 13.6. The van der Waals surface area contributed by atoms with Gasteiger partial charge in [-0.05, 0) is 173 Å². The van der Waals surface area contributed by atoms with Crippen molar-refractivity contribution in [3.05, 3.63) is 164 Å². The minimum atomic E-state index is -0.245. The van der Waals surface area contributed by atoms with Crippen LogP contribution in [0.25, 0.3) is 33.4 Å². The number of nitrogens with one attached hydrogen (secondary N) is 2. The van der Waals surface area contributed by atoms with Gasteiger partial charge in [-0.2, -0.15) is 0 Å². The smallest absolute Gasteiger partial charge is 0.197 e. The van der Waals surface area contributed by atoms with Crippen LogP contribution in [-0.4, -0.2) is 22.2 Å². The highest BCUT2D eigenvalue weighted by Gasteiger charge is 2.26. The zero-order chi connectivity index (χ0) is 43.7. The first kappa shape index (κ1) is 44.0. The molecule has 2 fully saturated rings. The fourth-order valence-corrected chi connectivity index (χ4v) is 10.5. The number of aromatic nitrogens is 2. The van der Waals surface area contributed by atoms with E-state index in [2.05, 4.69) is 35.3 Å². The molecule has 0 amide bonds. The van der Waals surface area contributed by atoms with E-state index < -0.39 is 0 Å².